The molecule has 1 nitrogen and oxygen atoms in total. The van der Waals surface area contributed by atoms with E-state index in [-0.39, 0.29) is 0 Å². The number of likely N-dealkylation sites (tertiary alicyclic amines) is 1. The van der Waals surface area contributed by atoms with Gasteiger partial charge in [0, 0.05) is 13.1 Å². The monoisotopic (exact) mass is 199 g/mol. The van der Waals surface area contributed by atoms with Gasteiger partial charge in [0.2, 0.25) is 0 Å². The van der Waals surface area contributed by atoms with Gasteiger partial charge in [-0.05, 0) is 25.3 Å². The molecule has 1 unspecified atom stereocenters. The van der Waals surface area contributed by atoms with Crippen molar-refractivity contribution in [3.63, 3.8) is 0 Å². The SMILES string of the molecule is C=CC(F)CN1CCCCC[C@H](C)C1. The third-order valence-corrected chi connectivity index (χ3v) is 2.93. The van der Waals surface area contributed by atoms with E-state index < -0.39 is 6.17 Å². The Bertz CT molecular complexity index is 170. The van der Waals surface area contributed by atoms with Crippen molar-refractivity contribution in [2.75, 3.05) is 19.6 Å². The molecule has 0 spiro atoms. The predicted octanol–water partition coefficient (Wildman–Crippen LogP) is 3.02. The molecule has 82 valence electrons. The van der Waals surface area contributed by atoms with E-state index in [0.717, 1.165) is 13.1 Å². The first-order valence-corrected chi connectivity index (χ1v) is 5.71. The summed E-state index contributed by atoms with van der Waals surface area (Å²) in [5.74, 6) is 0.715. The Kier molecular flexibility index (Phi) is 5.16. The van der Waals surface area contributed by atoms with Crippen LogP contribution >= 0.6 is 0 Å². The maximum absolute atomic E-state index is 13.1. The second-order valence-electron chi connectivity index (χ2n) is 4.47. The van der Waals surface area contributed by atoms with E-state index in [4.69, 9.17) is 0 Å². The molecule has 1 fully saturated rings. The normalized spacial score (nSPS) is 27.7. The highest BCUT2D eigenvalue weighted by Gasteiger charge is 2.15. The maximum Gasteiger partial charge on any atom is 0.131 e. The fourth-order valence-corrected chi connectivity index (χ4v) is 2.12. The van der Waals surface area contributed by atoms with E-state index >= 15 is 0 Å². The van der Waals surface area contributed by atoms with E-state index in [1.54, 1.807) is 0 Å². The van der Waals surface area contributed by atoms with Gasteiger partial charge in [0.15, 0.2) is 0 Å². The molecule has 0 bridgehead atoms. The van der Waals surface area contributed by atoms with Crippen LogP contribution < -0.4 is 0 Å². The summed E-state index contributed by atoms with van der Waals surface area (Å²) in [5, 5.41) is 0. The quantitative estimate of drug-likeness (QED) is 0.631. The minimum absolute atomic E-state index is 0.536. The molecule has 0 aromatic rings. The lowest BCUT2D eigenvalue weighted by molar-refractivity contribution is 0.174. The second-order valence-corrected chi connectivity index (χ2v) is 4.47. The Morgan fingerprint density at radius 1 is 1.50 bits per heavy atom. The Balaban J connectivity index is 2.35. The fourth-order valence-electron chi connectivity index (χ4n) is 2.12. The molecule has 0 saturated carbocycles. The molecule has 1 aliphatic rings. The Morgan fingerprint density at radius 2 is 2.29 bits per heavy atom. The molecular formula is C12H22FN. The van der Waals surface area contributed by atoms with Gasteiger partial charge in [0.1, 0.15) is 6.17 Å². The smallest absolute Gasteiger partial charge is 0.131 e. The van der Waals surface area contributed by atoms with Crippen LogP contribution in [0.5, 0.6) is 0 Å². The molecule has 2 heteroatoms. The summed E-state index contributed by atoms with van der Waals surface area (Å²) in [6, 6.07) is 0. The van der Waals surface area contributed by atoms with Gasteiger partial charge in [-0.15, -0.1) is 6.58 Å². The van der Waals surface area contributed by atoms with Crippen molar-refractivity contribution >= 4 is 0 Å². The van der Waals surface area contributed by atoms with Gasteiger partial charge >= 0.3 is 0 Å². The summed E-state index contributed by atoms with van der Waals surface area (Å²) in [6.07, 6.45) is 5.70. The van der Waals surface area contributed by atoms with Crippen LogP contribution in [0, 0.1) is 5.92 Å². The number of nitrogens with zero attached hydrogens (tertiary/aromatic N) is 1. The summed E-state index contributed by atoms with van der Waals surface area (Å²) in [6.45, 7) is 8.39. The van der Waals surface area contributed by atoms with E-state index in [1.807, 2.05) is 0 Å². The topological polar surface area (TPSA) is 3.24 Å². The number of hydrogen-bond donors (Lipinski definition) is 0. The molecular weight excluding hydrogens is 177 g/mol. The van der Waals surface area contributed by atoms with E-state index in [0.29, 0.717) is 12.5 Å². The number of alkyl halides is 1. The molecule has 0 amide bonds. The lowest BCUT2D eigenvalue weighted by atomic mass is 9.99. The molecule has 2 atom stereocenters. The highest BCUT2D eigenvalue weighted by atomic mass is 19.1. The highest BCUT2D eigenvalue weighted by molar-refractivity contribution is 4.82. The summed E-state index contributed by atoms with van der Waals surface area (Å²) in [5.41, 5.74) is 0. The Morgan fingerprint density at radius 3 is 3.00 bits per heavy atom. The molecule has 1 rings (SSSR count). The average molecular weight is 199 g/mol. The first-order chi connectivity index (χ1) is 6.72. The van der Waals surface area contributed by atoms with Crippen LogP contribution in [0.1, 0.15) is 32.6 Å². The zero-order valence-electron chi connectivity index (χ0n) is 9.21. The van der Waals surface area contributed by atoms with Crippen molar-refractivity contribution < 1.29 is 4.39 Å². The molecule has 0 aromatic carbocycles. The van der Waals surface area contributed by atoms with Crippen LogP contribution in [0.15, 0.2) is 12.7 Å². The van der Waals surface area contributed by atoms with Crippen molar-refractivity contribution in [2.24, 2.45) is 5.92 Å². The average Bonchev–Trinajstić information content (AvgIpc) is 2.13. The Hall–Kier alpha value is -0.370. The van der Waals surface area contributed by atoms with Crippen molar-refractivity contribution in [1.82, 2.24) is 4.90 Å². The van der Waals surface area contributed by atoms with Crippen molar-refractivity contribution in [1.29, 1.82) is 0 Å². The third-order valence-electron chi connectivity index (χ3n) is 2.93. The number of hydrogen-bond acceptors (Lipinski definition) is 1. The van der Waals surface area contributed by atoms with Crippen LogP contribution in [-0.4, -0.2) is 30.7 Å². The molecule has 0 aliphatic carbocycles. The van der Waals surface area contributed by atoms with Crippen LogP contribution in [0.4, 0.5) is 4.39 Å². The van der Waals surface area contributed by atoms with Crippen molar-refractivity contribution in [3.8, 4) is 0 Å². The third kappa shape index (κ3) is 4.23. The molecule has 0 aromatic heterocycles. The van der Waals surface area contributed by atoms with Crippen molar-refractivity contribution in [3.05, 3.63) is 12.7 Å². The lowest BCUT2D eigenvalue weighted by Gasteiger charge is -2.28. The second kappa shape index (κ2) is 6.18. The standard InChI is InChI=1S/C12H22FN/c1-3-12(13)10-14-8-6-4-5-7-11(2)9-14/h3,11-12H,1,4-10H2,2H3/t11-,12?/m0/s1. The molecule has 1 aliphatic heterocycles. The van der Waals surface area contributed by atoms with Gasteiger partial charge in [0.25, 0.3) is 0 Å². The van der Waals surface area contributed by atoms with Gasteiger partial charge in [-0.3, -0.25) is 4.90 Å². The van der Waals surface area contributed by atoms with Gasteiger partial charge in [-0.25, -0.2) is 4.39 Å². The van der Waals surface area contributed by atoms with Crippen LogP contribution in [0.3, 0.4) is 0 Å². The fraction of sp³-hybridized carbons (Fsp3) is 0.833. The number of rotatable bonds is 3. The van der Waals surface area contributed by atoms with Gasteiger partial charge in [0.05, 0.1) is 0 Å². The minimum Gasteiger partial charge on any atom is -0.300 e. The molecule has 0 N–H and O–H groups in total. The molecule has 1 heterocycles. The first-order valence-electron chi connectivity index (χ1n) is 5.71. The molecule has 1 saturated heterocycles. The zero-order valence-corrected chi connectivity index (χ0v) is 9.21. The Labute approximate surface area is 87.0 Å². The number of halogens is 1. The molecule has 14 heavy (non-hydrogen) atoms. The minimum atomic E-state index is -0.860. The predicted molar refractivity (Wildman–Crippen MR) is 59.2 cm³/mol. The van der Waals surface area contributed by atoms with Gasteiger partial charge in [-0.1, -0.05) is 25.8 Å². The first kappa shape index (κ1) is 11.7. The van der Waals surface area contributed by atoms with E-state index in [9.17, 15) is 4.39 Å². The maximum atomic E-state index is 13.1. The summed E-state index contributed by atoms with van der Waals surface area (Å²) in [7, 11) is 0. The van der Waals surface area contributed by atoms with E-state index in [2.05, 4.69) is 18.4 Å². The van der Waals surface area contributed by atoms with Gasteiger partial charge in [-0.2, -0.15) is 0 Å². The summed E-state index contributed by atoms with van der Waals surface area (Å²) < 4.78 is 13.1. The zero-order chi connectivity index (χ0) is 10.4. The van der Waals surface area contributed by atoms with Crippen LogP contribution in [-0.2, 0) is 0 Å². The largest absolute Gasteiger partial charge is 0.300 e. The highest BCUT2D eigenvalue weighted by Crippen LogP contribution is 2.16. The summed E-state index contributed by atoms with van der Waals surface area (Å²) in [4.78, 5) is 2.25. The lowest BCUT2D eigenvalue weighted by Crippen LogP contribution is -2.35. The van der Waals surface area contributed by atoms with Gasteiger partial charge < -0.3 is 0 Å². The van der Waals surface area contributed by atoms with Crippen LogP contribution in [0.2, 0.25) is 0 Å². The van der Waals surface area contributed by atoms with Crippen LogP contribution in [0.25, 0.3) is 0 Å². The summed E-state index contributed by atoms with van der Waals surface area (Å²) >= 11 is 0. The van der Waals surface area contributed by atoms with E-state index in [1.165, 1.54) is 31.8 Å². The van der Waals surface area contributed by atoms with Crippen molar-refractivity contribution in [2.45, 2.75) is 38.8 Å². The molecule has 0 radical (unpaired) electrons.